The number of carbonyl (C=O) groups is 2. The Morgan fingerprint density at radius 3 is 2.20 bits per heavy atom. The lowest BCUT2D eigenvalue weighted by molar-refractivity contribution is 0.0535. The first-order valence-corrected chi connectivity index (χ1v) is 9.38. The predicted molar refractivity (Wildman–Crippen MR) is 98.5 cm³/mol. The molecule has 132 valence electrons. The lowest BCUT2D eigenvalue weighted by atomic mass is 10.1. The minimum Gasteiger partial charge on any atom is -0.494 e. The average molecular weight is 358 g/mol. The number of aryl methyl sites for hydroxylation is 1. The van der Waals surface area contributed by atoms with Crippen LogP contribution < -0.4 is 4.74 Å². The zero-order chi connectivity index (χ0) is 17.8. The van der Waals surface area contributed by atoms with Crippen LogP contribution in [0.5, 0.6) is 5.75 Å². The van der Waals surface area contributed by atoms with Gasteiger partial charge in [-0.15, -0.1) is 0 Å². The molecule has 1 saturated heterocycles. The fourth-order valence-electron chi connectivity index (χ4n) is 2.96. The number of rotatable bonds is 4. The molecule has 2 amide bonds. The highest BCUT2D eigenvalue weighted by Gasteiger charge is 2.25. The third-order valence-corrected chi connectivity index (χ3v) is 5.03. The van der Waals surface area contributed by atoms with Crippen molar-refractivity contribution in [1.82, 2.24) is 9.80 Å². The first kappa shape index (κ1) is 17.5. The molecule has 1 aliphatic rings. The smallest absolute Gasteiger partial charge is 0.254 e. The second-order valence-electron chi connectivity index (χ2n) is 6.01. The van der Waals surface area contributed by atoms with Crippen LogP contribution in [0, 0.1) is 6.92 Å². The lowest BCUT2D eigenvalue weighted by Crippen LogP contribution is -2.50. The Morgan fingerprint density at radius 1 is 1.04 bits per heavy atom. The third kappa shape index (κ3) is 3.85. The highest BCUT2D eigenvalue weighted by Crippen LogP contribution is 2.21. The molecule has 0 saturated carbocycles. The Kier molecular flexibility index (Phi) is 5.38. The van der Waals surface area contributed by atoms with Crippen molar-refractivity contribution >= 4 is 23.2 Å². The van der Waals surface area contributed by atoms with E-state index in [1.807, 2.05) is 58.7 Å². The quantitative estimate of drug-likeness (QED) is 0.844. The fourth-order valence-corrected chi connectivity index (χ4v) is 3.59. The molecule has 1 aliphatic heterocycles. The van der Waals surface area contributed by atoms with Gasteiger partial charge in [-0.25, -0.2) is 0 Å². The van der Waals surface area contributed by atoms with Gasteiger partial charge in [-0.2, -0.15) is 11.3 Å². The van der Waals surface area contributed by atoms with Gasteiger partial charge in [-0.1, -0.05) is 0 Å². The van der Waals surface area contributed by atoms with Crippen molar-refractivity contribution in [3.8, 4) is 5.75 Å². The van der Waals surface area contributed by atoms with Gasteiger partial charge in [0.25, 0.3) is 11.8 Å². The van der Waals surface area contributed by atoms with E-state index in [4.69, 9.17) is 4.74 Å². The van der Waals surface area contributed by atoms with Crippen LogP contribution in [-0.4, -0.2) is 54.4 Å². The molecule has 0 atom stereocenters. The van der Waals surface area contributed by atoms with Crippen molar-refractivity contribution < 1.29 is 14.3 Å². The van der Waals surface area contributed by atoms with E-state index in [0.717, 1.165) is 16.9 Å². The summed E-state index contributed by atoms with van der Waals surface area (Å²) in [5.41, 5.74) is 2.35. The molecular weight excluding hydrogens is 336 g/mol. The van der Waals surface area contributed by atoms with Crippen LogP contribution in [0.2, 0.25) is 0 Å². The first-order valence-electron chi connectivity index (χ1n) is 8.44. The number of ether oxygens (including phenoxy) is 1. The number of thiophene rings is 1. The van der Waals surface area contributed by atoms with E-state index in [-0.39, 0.29) is 11.8 Å². The Balaban J connectivity index is 1.62. The van der Waals surface area contributed by atoms with Crippen molar-refractivity contribution in [2.45, 2.75) is 13.8 Å². The standard InChI is InChI=1S/C19H22N2O3S/c1-3-24-17-5-4-15(12-14(17)2)18(22)20-7-9-21(10-8-20)19(23)16-6-11-25-13-16/h4-6,11-13H,3,7-10H2,1-2H3. The largest absolute Gasteiger partial charge is 0.494 e. The summed E-state index contributed by atoms with van der Waals surface area (Å²) in [4.78, 5) is 28.7. The number of benzene rings is 1. The maximum atomic E-state index is 12.7. The molecule has 5 nitrogen and oxygen atoms in total. The highest BCUT2D eigenvalue weighted by molar-refractivity contribution is 7.08. The van der Waals surface area contributed by atoms with Crippen molar-refractivity contribution in [2.24, 2.45) is 0 Å². The van der Waals surface area contributed by atoms with Gasteiger partial charge in [0.2, 0.25) is 0 Å². The minimum atomic E-state index is 0.00813. The molecular formula is C19H22N2O3S. The summed E-state index contributed by atoms with van der Waals surface area (Å²) < 4.78 is 5.52. The molecule has 0 unspecified atom stereocenters. The molecule has 0 aliphatic carbocycles. The zero-order valence-electron chi connectivity index (χ0n) is 14.5. The molecule has 25 heavy (non-hydrogen) atoms. The average Bonchev–Trinajstić information content (AvgIpc) is 3.17. The van der Waals surface area contributed by atoms with Crippen LogP contribution >= 0.6 is 11.3 Å². The monoisotopic (exact) mass is 358 g/mol. The summed E-state index contributed by atoms with van der Waals surface area (Å²) in [6.07, 6.45) is 0. The lowest BCUT2D eigenvalue weighted by Gasteiger charge is -2.34. The number of nitrogens with zero attached hydrogens (tertiary/aromatic N) is 2. The van der Waals surface area contributed by atoms with Crippen molar-refractivity contribution in [2.75, 3.05) is 32.8 Å². The second kappa shape index (κ2) is 7.70. The summed E-state index contributed by atoms with van der Waals surface area (Å²) in [5, 5.41) is 3.77. The molecule has 0 spiro atoms. The van der Waals surface area contributed by atoms with Crippen LogP contribution in [0.4, 0.5) is 0 Å². The Bertz CT molecular complexity index is 750. The number of hydrogen-bond acceptors (Lipinski definition) is 4. The topological polar surface area (TPSA) is 49.9 Å². The Labute approximate surface area is 151 Å². The third-order valence-electron chi connectivity index (χ3n) is 4.34. The van der Waals surface area contributed by atoms with E-state index in [0.29, 0.717) is 38.3 Å². The SMILES string of the molecule is CCOc1ccc(C(=O)N2CCN(C(=O)c3ccsc3)CC2)cc1C. The Hall–Kier alpha value is -2.34. The fraction of sp³-hybridized carbons (Fsp3) is 0.368. The van der Waals surface area contributed by atoms with Gasteiger partial charge in [-0.05, 0) is 49.1 Å². The van der Waals surface area contributed by atoms with E-state index in [9.17, 15) is 9.59 Å². The summed E-state index contributed by atoms with van der Waals surface area (Å²) >= 11 is 1.52. The van der Waals surface area contributed by atoms with Crippen LogP contribution in [0.15, 0.2) is 35.0 Å². The van der Waals surface area contributed by atoms with Crippen molar-refractivity contribution in [1.29, 1.82) is 0 Å². The van der Waals surface area contributed by atoms with Gasteiger partial charge >= 0.3 is 0 Å². The first-order chi connectivity index (χ1) is 12.1. The van der Waals surface area contributed by atoms with Crippen LogP contribution in [0.1, 0.15) is 33.2 Å². The molecule has 1 fully saturated rings. The minimum absolute atomic E-state index is 0.00813. The van der Waals surface area contributed by atoms with Gasteiger partial charge in [0.05, 0.1) is 12.2 Å². The van der Waals surface area contributed by atoms with Crippen LogP contribution in [0.3, 0.4) is 0 Å². The zero-order valence-corrected chi connectivity index (χ0v) is 15.3. The normalized spacial score (nSPS) is 14.5. The molecule has 3 rings (SSSR count). The van der Waals surface area contributed by atoms with Gasteiger partial charge in [-0.3, -0.25) is 9.59 Å². The predicted octanol–water partition coefficient (Wildman–Crippen LogP) is 3.05. The van der Waals surface area contributed by atoms with Crippen LogP contribution in [-0.2, 0) is 0 Å². The molecule has 2 aromatic rings. The van der Waals surface area contributed by atoms with Gasteiger partial charge in [0, 0.05) is 37.1 Å². The summed E-state index contributed by atoms with van der Waals surface area (Å²) in [5.74, 6) is 0.865. The second-order valence-corrected chi connectivity index (χ2v) is 6.79. The number of amides is 2. The molecule has 0 N–H and O–H groups in total. The van der Waals surface area contributed by atoms with Gasteiger partial charge < -0.3 is 14.5 Å². The highest BCUT2D eigenvalue weighted by atomic mass is 32.1. The summed E-state index contributed by atoms with van der Waals surface area (Å²) in [7, 11) is 0. The number of carbonyl (C=O) groups excluding carboxylic acids is 2. The summed E-state index contributed by atoms with van der Waals surface area (Å²) in [6.45, 7) is 6.73. The molecule has 0 bridgehead atoms. The van der Waals surface area contributed by atoms with E-state index in [1.165, 1.54) is 11.3 Å². The number of piperazine rings is 1. The van der Waals surface area contributed by atoms with Crippen molar-refractivity contribution in [3.05, 3.63) is 51.7 Å². The van der Waals surface area contributed by atoms with E-state index in [2.05, 4.69) is 0 Å². The van der Waals surface area contributed by atoms with Crippen molar-refractivity contribution in [3.63, 3.8) is 0 Å². The van der Waals surface area contributed by atoms with Gasteiger partial charge in [0.1, 0.15) is 5.75 Å². The molecule has 2 heterocycles. The molecule has 0 radical (unpaired) electrons. The molecule has 6 heteroatoms. The molecule has 1 aromatic carbocycles. The van der Waals surface area contributed by atoms with Crippen LogP contribution in [0.25, 0.3) is 0 Å². The van der Waals surface area contributed by atoms with Gasteiger partial charge in [0.15, 0.2) is 0 Å². The maximum Gasteiger partial charge on any atom is 0.254 e. The van der Waals surface area contributed by atoms with E-state index < -0.39 is 0 Å². The Morgan fingerprint density at radius 2 is 1.68 bits per heavy atom. The number of hydrogen-bond donors (Lipinski definition) is 0. The van der Waals surface area contributed by atoms with E-state index >= 15 is 0 Å². The summed E-state index contributed by atoms with van der Waals surface area (Å²) in [6, 6.07) is 7.37. The maximum absolute atomic E-state index is 12.7. The van der Waals surface area contributed by atoms with E-state index in [1.54, 1.807) is 0 Å². The molecule has 1 aromatic heterocycles.